The average Bonchev–Trinajstić information content (AvgIpc) is 2.39. The zero-order chi connectivity index (χ0) is 13.1. The van der Waals surface area contributed by atoms with Gasteiger partial charge in [-0.25, -0.2) is 4.98 Å². The molecular formula is C15H23N3. The largest absolute Gasteiger partial charge is 0.354 e. The molecule has 0 aromatic carbocycles. The summed E-state index contributed by atoms with van der Waals surface area (Å²) in [5.74, 6) is 1.63. The lowest BCUT2D eigenvalue weighted by molar-refractivity contribution is 0.312. The van der Waals surface area contributed by atoms with E-state index in [4.69, 9.17) is 0 Å². The van der Waals surface area contributed by atoms with Crippen molar-refractivity contribution >= 4 is 11.9 Å². The van der Waals surface area contributed by atoms with E-state index in [-0.39, 0.29) is 0 Å². The maximum absolute atomic E-state index is 4.67. The molecule has 2 heterocycles. The Bertz CT molecular complexity index is 418. The first-order chi connectivity index (χ1) is 8.60. The number of nitrogens with zero attached hydrogens (tertiary/aromatic N) is 3. The van der Waals surface area contributed by atoms with Crippen LogP contribution in [0.5, 0.6) is 0 Å². The van der Waals surface area contributed by atoms with E-state index < -0.39 is 0 Å². The third-order valence-corrected chi connectivity index (χ3v) is 3.56. The van der Waals surface area contributed by atoms with Gasteiger partial charge in [-0.05, 0) is 36.7 Å². The Morgan fingerprint density at radius 1 is 1.22 bits per heavy atom. The Balaban J connectivity index is 2.26. The van der Waals surface area contributed by atoms with Crippen molar-refractivity contribution < 1.29 is 0 Å². The number of likely N-dealkylation sites (N-methyl/N-ethyl adjacent to an activating group) is 1. The number of rotatable bonds is 3. The Morgan fingerprint density at radius 3 is 2.44 bits per heavy atom. The molecule has 0 saturated carbocycles. The lowest BCUT2D eigenvalue weighted by Gasteiger charge is -2.33. The van der Waals surface area contributed by atoms with Gasteiger partial charge in [-0.3, -0.25) is 0 Å². The predicted molar refractivity (Wildman–Crippen MR) is 78.1 cm³/mol. The Kier molecular flexibility index (Phi) is 4.02. The highest BCUT2D eigenvalue weighted by Crippen LogP contribution is 2.22. The molecule has 2 rings (SSSR count). The van der Waals surface area contributed by atoms with Gasteiger partial charge in [0.15, 0.2) is 0 Å². The minimum absolute atomic E-state index is 0.526. The van der Waals surface area contributed by atoms with Crippen LogP contribution in [-0.2, 0) is 0 Å². The number of pyridine rings is 1. The first-order valence-corrected chi connectivity index (χ1v) is 6.68. The van der Waals surface area contributed by atoms with E-state index in [0.717, 1.165) is 37.7 Å². The van der Waals surface area contributed by atoms with Crippen molar-refractivity contribution in [1.82, 2.24) is 9.88 Å². The molecule has 0 radical (unpaired) electrons. The molecule has 1 aliphatic heterocycles. The second kappa shape index (κ2) is 5.53. The monoisotopic (exact) mass is 245 g/mol. The zero-order valence-electron chi connectivity index (χ0n) is 11.7. The lowest BCUT2D eigenvalue weighted by Crippen LogP contribution is -2.44. The van der Waals surface area contributed by atoms with Gasteiger partial charge in [-0.2, -0.15) is 0 Å². The second-order valence-electron chi connectivity index (χ2n) is 5.33. The molecule has 1 aliphatic rings. The Labute approximate surface area is 110 Å². The average molecular weight is 245 g/mol. The molecule has 3 heteroatoms. The topological polar surface area (TPSA) is 19.4 Å². The maximum atomic E-state index is 4.67. The predicted octanol–water partition coefficient (Wildman–Crippen LogP) is 2.60. The molecule has 0 atom stereocenters. The third kappa shape index (κ3) is 2.91. The first kappa shape index (κ1) is 13.1. The smallest absolute Gasteiger partial charge is 0.129 e. The molecule has 0 unspecified atom stereocenters. The lowest BCUT2D eigenvalue weighted by atomic mass is 10.0. The summed E-state index contributed by atoms with van der Waals surface area (Å²) in [6.45, 7) is 12.6. The van der Waals surface area contributed by atoms with Crippen molar-refractivity contribution in [3.8, 4) is 0 Å². The third-order valence-electron chi connectivity index (χ3n) is 3.56. The molecule has 18 heavy (non-hydrogen) atoms. The minimum Gasteiger partial charge on any atom is -0.354 e. The standard InChI is InChI=1S/C15H23N3/c1-5-14-10-13(12(2)3)11-15(16-14)18-8-6-17(4)7-9-18/h5,10-12H,1,6-9H2,2-4H3. The van der Waals surface area contributed by atoms with Gasteiger partial charge in [0.05, 0.1) is 5.69 Å². The van der Waals surface area contributed by atoms with Crippen LogP contribution in [0.25, 0.3) is 6.08 Å². The van der Waals surface area contributed by atoms with Crippen LogP contribution in [0.3, 0.4) is 0 Å². The van der Waals surface area contributed by atoms with E-state index in [0.29, 0.717) is 5.92 Å². The van der Waals surface area contributed by atoms with Gasteiger partial charge >= 0.3 is 0 Å². The van der Waals surface area contributed by atoms with E-state index >= 15 is 0 Å². The number of anilines is 1. The van der Waals surface area contributed by atoms with Crippen LogP contribution in [0.4, 0.5) is 5.82 Å². The van der Waals surface area contributed by atoms with E-state index in [1.54, 1.807) is 0 Å². The molecule has 3 nitrogen and oxygen atoms in total. The molecule has 0 bridgehead atoms. The molecule has 0 amide bonds. The van der Waals surface area contributed by atoms with Crippen LogP contribution in [0.1, 0.15) is 31.0 Å². The highest BCUT2D eigenvalue weighted by atomic mass is 15.3. The molecule has 0 aliphatic carbocycles. The fourth-order valence-electron chi connectivity index (χ4n) is 2.19. The molecule has 1 aromatic rings. The van der Waals surface area contributed by atoms with Gasteiger partial charge in [0.2, 0.25) is 0 Å². The summed E-state index contributed by atoms with van der Waals surface area (Å²) in [6, 6.07) is 4.36. The van der Waals surface area contributed by atoms with Crippen molar-refractivity contribution in [2.45, 2.75) is 19.8 Å². The van der Waals surface area contributed by atoms with Crippen LogP contribution < -0.4 is 4.90 Å². The minimum atomic E-state index is 0.526. The van der Waals surface area contributed by atoms with E-state index in [2.05, 4.69) is 54.4 Å². The fraction of sp³-hybridized carbons (Fsp3) is 0.533. The summed E-state index contributed by atoms with van der Waals surface area (Å²) in [5.41, 5.74) is 2.32. The van der Waals surface area contributed by atoms with E-state index in [1.165, 1.54) is 5.56 Å². The van der Waals surface area contributed by atoms with Crippen LogP contribution in [0, 0.1) is 0 Å². The van der Waals surface area contributed by atoms with Crippen molar-refractivity contribution in [1.29, 1.82) is 0 Å². The zero-order valence-corrected chi connectivity index (χ0v) is 11.7. The van der Waals surface area contributed by atoms with Gasteiger partial charge in [0.25, 0.3) is 0 Å². The van der Waals surface area contributed by atoms with Gasteiger partial charge in [0, 0.05) is 26.2 Å². The molecule has 1 aromatic heterocycles. The van der Waals surface area contributed by atoms with Crippen LogP contribution in [0.2, 0.25) is 0 Å². The summed E-state index contributed by atoms with van der Waals surface area (Å²) < 4.78 is 0. The van der Waals surface area contributed by atoms with Crippen LogP contribution in [0.15, 0.2) is 18.7 Å². The first-order valence-electron chi connectivity index (χ1n) is 6.68. The fourth-order valence-corrected chi connectivity index (χ4v) is 2.19. The van der Waals surface area contributed by atoms with Gasteiger partial charge < -0.3 is 9.80 Å². The highest BCUT2D eigenvalue weighted by Gasteiger charge is 2.16. The van der Waals surface area contributed by atoms with Crippen LogP contribution >= 0.6 is 0 Å². The summed E-state index contributed by atoms with van der Waals surface area (Å²) >= 11 is 0. The Morgan fingerprint density at radius 2 is 1.89 bits per heavy atom. The van der Waals surface area contributed by atoms with Crippen molar-refractivity contribution in [3.63, 3.8) is 0 Å². The maximum Gasteiger partial charge on any atom is 0.129 e. The second-order valence-corrected chi connectivity index (χ2v) is 5.33. The Hall–Kier alpha value is -1.35. The number of hydrogen-bond acceptors (Lipinski definition) is 3. The summed E-state index contributed by atoms with van der Waals surface area (Å²) in [4.78, 5) is 9.40. The SMILES string of the molecule is C=Cc1cc(C(C)C)cc(N2CCN(C)CC2)n1. The summed E-state index contributed by atoms with van der Waals surface area (Å²) in [5, 5.41) is 0. The molecule has 1 fully saturated rings. The molecule has 0 N–H and O–H groups in total. The number of hydrogen-bond donors (Lipinski definition) is 0. The van der Waals surface area contributed by atoms with Gasteiger partial charge in [-0.15, -0.1) is 0 Å². The summed E-state index contributed by atoms with van der Waals surface area (Å²) in [7, 11) is 2.17. The quantitative estimate of drug-likeness (QED) is 0.816. The van der Waals surface area contributed by atoms with E-state index in [9.17, 15) is 0 Å². The summed E-state index contributed by atoms with van der Waals surface area (Å²) in [6.07, 6.45) is 1.84. The van der Waals surface area contributed by atoms with Gasteiger partial charge in [-0.1, -0.05) is 20.4 Å². The highest BCUT2D eigenvalue weighted by molar-refractivity contribution is 5.52. The molecule has 98 valence electrons. The number of aromatic nitrogens is 1. The van der Waals surface area contributed by atoms with Crippen molar-refractivity contribution in [2.24, 2.45) is 0 Å². The van der Waals surface area contributed by atoms with E-state index in [1.807, 2.05) is 6.08 Å². The molecular weight excluding hydrogens is 222 g/mol. The van der Waals surface area contributed by atoms with Crippen molar-refractivity contribution in [2.75, 3.05) is 38.1 Å². The van der Waals surface area contributed by atoms with Crippen LogP contribution in [-0.4, -0.2) is 43.1 Å². The molecule has 0 spiro atoms. The van der Waals surface area contributed by atoms with Crippen molar-refractivity contribution in [3.05, 3.63) is 30.0 Å². The molecule has 1 saturated heterocycles. The normalized spacial score (nSPS) is 17.2. The number of piperazine rings is 1. The van der Waals surface area contributed by atoms with Gasteiger partial charge in [0.1, 0.15) is 5.82 Å².